The van der Waals surface area contributed by atoms with E-state index in [1.807, 2.05) is 0 Å². The molecule has 1 aromatic carbocycles. The van der Waals surface area contributed by atoms with Gasteiger partial charge in [-0.15, -0.1) is 11.3 Å². The van der Waals surface area contributed by atoms with Gasteiger partial charge in [0.25, 0.3) is 0 Å². The molecular weight excluding hydrogens is 576 g/mol. The Bertz CT molecular complexity index is 1530. The van der Waals surface area contributed by atoms with E-state index in [1.54, 1.807) is 36.3 Å². The van der Waals surface area contributed by atoms with Gasteiger partial charge in [0.05, 0.1) is 24.3 Å². The quantitative estimate of drug-likeness (QED) is 0.282. The molecule has 41 heavy (non-hydrogen) atoms. The van der Waals surface area contributed by atoms with Gasteiger partial charge in [-0.3, -0.25) is 9.67 Å². The molecule has 1 aliphatic carbocycles. The standard InChI is InChI=1S/C28H28ClF2N5O4S/c1-4-40-28(38)20-23(15-7-5-14(6-8-15)19-13-18(27(37)39-3)35-36(19)2)33-25(26-32-11-12-41-26)34-24(20)16-9-10-17(30)22(31)21(16)29/h9-15,24H,4-8H2,1-3H3,(H,33,34). The molecule has 3 aromatic rings. The van der Waals surface area contributed by atoms with E-state index < -0.39 is 34.6 Å². The van der Waals surface area contributed by atoms with Crippen molar-refractivity contribution in [3.05, 3.63) is 79.7 Å². The first-order valence-electron chi connectivity index (χ1n) is 13.1. The maximum Gasteiger partial charge on any atom is 0.358 e. The first-order chi connectivity index (χ1) is 19.7. The van der Waals surface area contributed by atoms with Crippen LogP contribution < -0.4 is 5.32 Å². The lowest BCUT2D eigenvalue weighted by atomic mass is 9.77. The van der Waals surface area contributed by atoms with Crippen molar-refractivity contribution in [1.82, 2.24) is 20.1 Å². The molecule has 9 nitrogen and oxygen atoms in total. The van der Waals surface area contributed by atoms with Crippen LogP contribution in [0.15, 0.2) is 46.0 Å². The number of carbonyl (C=O) groups excluding carboxylic acids is 2. The number of aryl methyl sites for hydroxylation is 1. The maximum absolute atomic E-state index is 14.6. The summed E-state index contributed by atoms with van der Waals surface area (Å²) in [6.07, 6.45) is 4.53. The number of ether oxygens (including phenoxy) is 2. The van der Waals surface area contributed by atoms with Crippen LogP contribution in [-0.2, 0) is 21.3 Å². The van der Waals surface area contributed by atoms with E-state index in [9.17, 15) is 18.4 Å². The van der Waals surface area contributed by atoms with Gasteiger partial charge in [-0.25, -0.2) is 23.4 Å². The molecular formula is C28H28ClF2N5O4S. The second-order valence-corrected chi connectivity index (χ2v) is 11.0. The van der Waals surface area contributed by atoms with Crippen LogP contribution in [0.3, 0.4) is 0 Å². The molecule has 0 radical (unpaired) electrons. The van der Waals surface area contributed by atoms with E-state index >= 15 is 0 Å². The second-order valence-electron chi connectivity index (χ2n) is 9.77. The minimum atomic E-state index is -1.21. The maximum atomic E-state index is 14.6. The van der Waals surface area contributed by atoms with E-state index in [0.717, 1.165) is 24.6 Å². The molecule has 0 spiro atoms. The molecule has 5 rings (SSSR count). The number of nitrogens with zero attached hydrogens (tertiary/aromatic N) is 4. The molecule has 1 unspecified atom stereocenters. The SMILES string of the molecule is CCOC(=O)C1=C(C2CCC(c3cc(C(=O)OC)nn3C)CC2)NC(c2nccs2)=NC1c1ccc(F)c(F)c1Cl. The van der Waals surface area contributed by atoms with Gasteiger partial charge < -0.3 is 14.8 Å². The molecule has 216 valence electrons. The van der Waals surface area contributed by atoms with Crippen LogP contribution in [0.2, 0.25) is 5.02 Å². The average Bonchev–Trinajstić information content (AvgIpc) is 3.66. The molecule has 0 bridgehead atoms. The van der Waals surface area contributed by atoms with Crippen LogP contribution >= 0.6 is 22.9 Å². The van der Waals surface area contributed by atoms with Crippen molar-refractivity contribution in [1.29, 1.82) is 0 Å². The number of allylic oxidation sites excluding steroid dienone is 1. The number of esters is 2. The highest BCUT2D eigenvalue weighted by molar-refractivity contribution is 7.11. The van der Waals surface area contributed by atoms with Gasteiger partial charge in [0.15, 0.2) is 28.2 Å². The van der Waals surface area contributed by atoms with Crippen molar-refractivity contribution >= 4 is 40.7 Å². The molecule has 1 N–H and O–H groups in total. The van der Waals surface area contributed by atoms with Gasteiger partial charge in [0, 0.05) is 41.5 Å². The van der Waals surface area contributed by atoms with Crippen molar-refractivity contribution in [2.75, 3.05) is 13.7 Å². The third kappa shape index (κ3) is 5.62. The van der Waals surface area contributed by atoms with Gasteiger partial charge in [-0.05, 0) is 50.7 Å². The number of aromatic nitrogens is 3. The highest BCUT2D eigenvalue weighted by Crippen LogP contribution is 2.44. The summed E-state index contributed by atoms with van der Waals surface area (Å²) >= 11 is 7.64. The summed E-state index contributed by atoms with van der Waals surface area (Å²) in [5, 5.41) is 9.56. The van der Waals surface area contributed by atoms with Crippen LogP contribution in [-0.4, -0.2) is 46.3 Å². The Balaban J connectivity index is 1.53. The van der Waals surface area contributed by atoms with Crippen LogP contribution in [0.25, 0.3) is 0 Å². The summed E-state index contributed by atoms with van der Waals surface area (Å²) in [4.78, 5) is 34.5. The lowest BCUT2D eigenvalue weighted by molar-refractivity contribution is -0.139. The Morgan fingerprint density at radius 2 is 1.90 bits per heavy atom. The Labute approximate surface area is 244 Å². The smallest absolute Gasteiger partial charge is 0.358 e. The number of benzene rings is 1. The highest BCUT2D eigenvalue weighted by atomic mass is 35.5. The molecule has 1 aliphatic heterocycles. The van der Waals surface area contributed by atoms with Crippen molar-refractivity contribution in [3.8, 4) is 0 Å². The molecule has 2 aromatic heterocycles. The van der Waals surface area contributed by atoms with Crippen LogP contribution in [0.1, 0.15) is 71.3 Å². The average molecular weight is 604 g/mol. The Kier molecular flexibility index (Phi) is 8.50. The second kappa shape index (κ2) is 12.1. The number of aliphatic imine (C=N–C) groups is 1. The summed E-state index contributed by atoms with van der Waals surface area (Å²) in [6.45, 7) is 1.81. The van der Waals surface area contributed by atoms with Gasteiger partial charge in [0.1, 0.15) is 6.04 Å². The molecule has 0 saturated heterocycles. The fourth-order valence-corrected chi connectivity index (χ4v) is 6.34. The minimum absolute atomic E-state index is 0.101. The number of amidine groups is 1. The summed E-state index contributed by atoms with van der Waals surface area (Å²) in [7, 11) is 3.11. The molecule has 1 fully saturated rings. The third-order valence-corrected chi connectivity index (χ3v) is 8.59. The van der Waals surface area contributed by atoms with Crippen LogP contribution in [0.4, 0.5) is 8.78 Å². The number of halogens is 3. The van der Waals surface area contributed by atoms with Crippen LogP contribution in [0.5, 0.6) is 0 Å². The lowest BCUT2D eigenvalue weighted by Crippen LogP contribution is -2.38. The molecule has 2 aliphatic rings. The third-order valence-electron chi connectivity index (χ3n) is 7.43. The van der Waals surface area contributed by atoms with Crippen molar-refractivity contribution in [2.24, 2.45) is 18.0 Å². The van der Waals surface area contributed by atoms with Gasteiger partial charge in [-0.1, -0.05) is 17.7 Å². The summed E-state index contributed by atoms with van der Waals surface area (Å²) in [6, 6.07) is 3.04. The van der Waals surface area contributed by atoms with E-state index in [1.165, 1.54) is 24.5 Å². The van der Waals surface area contributed by atoms with Gasteiger partial charge in [-0.2, -0.15) is 5.10 Å². The van der Waals surface area contributed by atoms with Crippen LogP contribution in [0, 0.1) is 17.6 Å². The zero-order valence-electron chi connectivity index (χ0n) is 22.6. The van der Waals surface area contributed by atoms with E-state index in [4.69, 9.17) is 26.1 Å². The molecule has 3 heterocycles. The van der Waals surface area contributed by atoms with Crippen molar-refractivity contribution < 1.29 is 27.8 Å². The first kappa shape index (κ1) is 28.9. The fraction of sp³-hybridized carbons (Fsp3) is 0.393. The number of carbonyl (C=O) groups is 2. The number of methoxy groups -OCH3 is 1. The number of hydrogen-bond donors (Lipinski definition) is 1. The number of hydrogen-bond acceptors (Lipinski definition) is 9. The van der Waals surface area contributed by atoms with E-state index in [2.05, 4.69) is 15.4 Å². The van der Waals surface area contributed by atoms with Crippen molar-refractivity contribution in [3.63, 3.8) is 0 Å². The predicted octanol–water partition coefficient (Wildman–Crippen LogP) is 5.48. The van der Waals surface area contributed by atoms with E-state index in [0.29, 0.717) is 29.4 Å². The summed E-state index contributed by atoms with van der Waals surface area (Å²) in [5.41, 5.74) is 2.14. The summed E-state index contributed by atoms with van der Waals surface area (Å²) < 4.78 is 40.5. The highest BCUT2D eigenvalue weighted by Gasteiger charge is 2.39. The Hall–Kier alpha value is -3.64. The molecule has 0 amide bonds. The normalized spacial score (nSPS) is 20.8. The number of nitrogens with one attached hydrogen (secondary N) is 1. The predicted molar refractivity (Wildman–Crippen MR) is 149 cm³/mol. The molecule has 1 atom stereocenters. The molecule has 1 saturated carbocycles. The first-order valence-corrected chi connectivity index (χ1v) is 14.4. The Morgan fingerprint density at radius 3 is 2.56 bits per heavy atom. The minimum Gasteiger partial charge on any atom is -0.464 e. The number of rotatable bonds is 7. The van der Waals surface area contributed by atoms with Gasteiger partial charge >= 0.3 is 11.9 Å². The van der Waals surface area contributed by atoms with Crippen molar-refractivity contribution in [2.45, 2.75) is 44.6 Å². The van der Waals surface area contributed by atoms with E-state index in [-0.39, 0.29) is 35.3 Å². The zero-order chi connectivity index (χ0) is 29.3. The monoisotopic (exact) mass is 603 g/mol. The lowest BCUT2D eigenvalue weighted by Gasteiger charge is -2.35. The molecule has 13 heteroatoms. The Morgan fingerprint density at radius 1 is 1.17 bits per heavy atom. The largest absolute Gasteiger partial charge is 0.464 e. The number of thiazole rings is 1. The topological polar surface area (TPSA) is 108 Å². The zero-order valence-corrected chi connectivity index (χ0v) is 24.2. The van der Waals surface area contributed by atoms with Gasteiger partial charge in [0.2, 0.25) is 0 Å². The fourth-order valence-electron chi connectivity index (χ4n) is 5.49. The summed E-state index contributed by atoms with van der Waals surface area (Å²) in [5.74, 6) is -2.96.